The maximum absolute atomic E-state index is 6.61. The number of aryl methyl sites for hydroxylation is 1. The van der Waals surface area contributed by atoms with Crippen LogP contribution < -0.4 is 5.73 Å². The maximum Gasteiger partial charge on any atom is 0.0410 e. The third-order valence-corrected chi connectivity index (χ3v) is 4.30. The van der Waals surface area contributed by atoms with Gasteiger partial charge in [-0.25, -0.2) is 0 Å². The fraction of sp³-hybridized carbons (Fsp3) is 0.312. The second-order valence-electron chi connectivity index (χ2n) is 5.50. The number of pyridine rings is 1. The Hall–Kier alpha value is -1.19. The highest BCUT2D eigenvalue weighted by atomic mass is 79.9. The van der Waals surface area contributed by atoms with Crippen molar-refractivity contribution in [1.29, 1.82) is 0 Å². The summed E-state index contributed by atoms with van der Waals surface area (Å²) >= 11 is 3.47. The van der Waals surface area contributed by atoms with Gasteiger partial charge >= 0.3 is 0 Å². The first kappa shape index (κ1) is 12.8. The summed E-state index contributed by atoms with van der Waals surface area (Å²) in [6.07, 6.45) is 7.68. The minimum absolute atomic E-state index is 0.142. The van der Waals surface area contributed by atoms with Crippen molar-refractivity contribution in [3.05, 3.63) is 63.9 Å². The lowest BCUT2D eigenvalue weighted by Gasteiger charge is -2.35. The predicted octanol–water partition coefficient (Wildman–Crippen LogP) is 3.27. The lowest BCUT2D eigenvalue weighted by Crippen LogP contribution is -2.47. The molecule has 2 N–H and O–H groups in total. The van der Waals surface area contributed by atoms with Gasteiger partial charge in [0.15, 0.2) is 0 Å². The summed E-state index contributed by atoms with van der Waals surface area (Å²) in [5.74, 6) is 0. The van der Waals surface area contributed by atoms with Crippen molar-refractivity contribution in [2.24, 2.45) is 5.73 Å². The number of aromatic nitrogens is 1. The zero-order chi connectivity index (χ0) is 13.3. The van der Waals surface area contributed by atoms with Crippen molar-refractivity contribution >= 4 is 15.9 Å². The molecule has 98 valence electrons. The number of nitrogens with two attached hydrogens (primary N) is 1. The molecule has 0 fully saturated rings. The van der Waals surface area contributed by atoms with Gasteiger partial charge in [-0.2, -0.15) is 0 Å². The molecule has 0 radical (unpaired) electrons. The topological polar surface area (TPSA) is 38.9 Å². The molecule has 1 aromatic carbocycles. The summed E-state index contributed by atoms with van der Waals surface area (Å²) in [6, 6.07) is 10.7. The summed E-state index contributed by atoms with van der Waals surface area (Å²) in [4.78, 5) is 4.22. The van der Waals surface area contributed by atoms with Crippen LogP contribution in [0.5, 0.6) is 0 Å². The van der Waals surface area contributed by atoms with E-state index in [2.05, 4.69) is 51.2 Å². The SMILES string of the molecule is NC1(Cc2cncc(Br)c2)CCc2ccccc2C1. The second-order valence-corrected chi connectivity index (χ2v) is 6.41. The molecule has 1 aliphatic carbocycles. The third kappa shape index (κ3) is 2.88. The monoisotopic (exact) mass is 316 g/mol. The van der Waals surface area contributed by atoms with E-state index in [4.69, 9.17) is 5.73 Å². The van der Waals surface area contributed by atoms with Gasteiger partial charge in [0.1, 0.15) is 0 Å². The fourth-order valence-corrected chi connectivity index (χ4v) is 3.35. The molecule has 1 atom stereocenters. The van der Waals surface area contributed by atoms with Gasteiger partial charge < -0.3 is 5.73 Å². The van der Waals surface area contributed by atoms with Gasteiger partial charge in [-0.05, 0) is 64.4 Å². The van der Waals surface area contributed by atoms with E-state index < -0.39 is 0 Å². The Morgan fingerprint density at radius 3 is 2.79 bits per heavy atom. The molecule has 1 aliphatic rings. The molecule has 1 aromatic heterocycles. The quantitative estimate of drug-likeness (QED) is 0.923. The molecule has 2 nitrogen and oxygen atoms in total. The average molecular weight is 317 g/mol. The molecule has 3 heteroatoms. The molecule has 1 unspecified atom stereocenters. The van der Waals surface area contributed by atoms with Crippen LogP contribution in [0.1, 0.15) is 23.1 Å². The molecule has 0 aliphatic heterocycles. The molecule has 19 heavy (non-hydrogen) atoms. The summed E-state index contributed by atoms with van der Waals surface area (Å²) in [6.45, 7) is 0. The van der Waals surface area contributed by atoms with E-state index in [9.17, 15) is 0 Å². The lowest BCUT2D eigenvalue weighted by atomic mass is 9.75. The Balaban J connectivity index is 1.82. The fourth-order valence-electron chi connectivity index (χ4n) is 2.94. The van der Waals surface area contributed by atoms with Crippen molar-refractivity contribution in [3.63, 3.8) is 0 Å². The van der Waals surface area contributed by atoms with E-state index in [1.165, 1.54) is 16.7 Å². The Labute approximate surface area is 122 Å². The number of fused-ring (bicyclic) bond motifs is 1. The van der Waals surface area contributed by atoms with Crippen LogP contribution in [-0.2, 0) is 19.3 Å². The minimum Gasteiger partial charge on any atom is -0.324 e. The van der Waals surface area contributed by atoms with Crippen molar-refractivity contribution in [2.45, 2.75) is 31.2 Å². The Kier molecular flexibility index (Phi) is 3.42. The summed E-state index contributed by atoms with van der Waals surface area (Å²) < 4.78 is 1.02. The van der Waals surface area contributed by atoms with Crippen LogP contribution in [0.25, 0.3) is 0 Å². The molecule has 0 spiro atoms. The first-order chi connectivity index (χ1) is 9.15. The van der Waals surface area contributed by atoms with Crippen molar-refractivity contribution in [3.8, 4) is 0 Å². The number of nitrogens with zero attached hydrogens (tertiary/aromatic N) is 1. The number of benzene rings is 1. The first-order valence-corrected chi connectivity index (χ1v) is 7.39. The molecule has 3 rings (SSSR count). The normalized spacial score (nSPS) is 22.0. The third-order valence-electron chi connectivity index (χ3n) is 3.87. The summed E-state index contributed by atoms with van der Waals surface area (Å²) in [7, 11) is 0. The Morgan fingerprint density at radius 2 is 2.00 bits per heavy atom. The van der Waals surface area contributed by atoms with Gasteiger partial charge in [0.25, 0.3) is 0 Å². The standard InChI is InChI=1S/C16H17BrN2/c17-15-7-12(10-19-11-15)8-16(18)6-5-13-3-1-2-4-14(13)9-16/h1-4,7,10-11H,5-6,8-9,18H2. The van der Waals surface area contributed by atoms with E-state index in [-0.39, 0.29) is 5.54 Å². The minimum atomic E-state index is -0.142. The van der Waals surface area contributed by atoms with Crippen molar-refractivity contribution in [2.75, 3.05) is 0 Å². The molecule has 1 heterocycles. The van der Waals surface area contributed by atoms with Crippen LogP contribution in [0, 0.1) is 0 Å². The number of halogens is 1. The van der Waals surface area contributed by atoms with Gasteiger partial charge in [-0.15, -0.1) is 0 Å². The van der Waals surface area contributed by atoms with E-state index >= 15 is 0 Å². The summed E-state index contributed by atoms with van der Waals surface area (Å²) in [5, 5.41) is 0. The van der Waals surface area contributed by atoms with E-state index in [1.807, 2.05) is 12.4 Å². The second kappa shape index (κ2) is 5.06. The summed E-state index contributed by atoms with van der Waals surface area (Å²) in [5.41, 5.74) is 10.5. The van der Waals surface area contributed by atoms with Gasteiger partial charge in [0.05, 0.1) is 0 Å². The van der Waals surface area contributed by atoms with Crippen LogP contribution in [0.2, 0.25) is 0 Å². The number of hydrogen-bond donors (Lipinski definition) is 1. The van der Waals surface area contributed by atoms with Crippen LogP contribution in [0.15, 0.2) is 47.2 Å². The molecule has 0 saturated heterocycles. The van der Waals surface area contributed by atoms with Gasteiger partial charge in [-0.1, -0.05) is 24.3 Å². The van der Waals surface area contributed by atoms with Crippen LogP contribution in [0.3, 0.4) is 0 Å². The van der Waals surface area contributed by atoms with Crippen molar-refractivity contribution < 1.29 is 0 Å². The molecule has 0 amide bonds. The number of hydrogen-bond acceptors (Lipinski definition) is 2. The zero-order valence-electron chi connectivity index (χ0n) is 10.8. The smallest absolute Gasteiger partial charge is 0.0410 e. The maximum atomic E-state index is 6.61. The number of rotatable bonds is 2. The van der Waals surface area contributed by atoms with E-state index in [0.29, 0.717) is 0 Å². The highest BCUT2D eigenvalue weighted by Gasteiger charge is 2.30. The van der Waals surface area contributed by atoms with Gasteiger partial charge in [0.2, 0.25) is 0 Å². The Morgan fingerprint density at radius 1 is 1.21 bits per heavy atom. The van der Waals surface area contributed by atoms with Crippen LogP contribution >= 0.6 is 15.9 Å². The largest absolute Gasteiger partial charge is 0.324 e. The zero-order valence-corrected chi connectivity index (χ0v) is 12.4. The molecule has 0 bridgehead atoms. The first-order valence-electron chi connectivity index (χ1n) is 6.60. The molecular formula is C16H17BrN2. The lowest BCUT2D eigenvalue weighted by molar-refractivity contribution is 0.369. The van der Waals surface area contributed by atoms with E-state index in [1.54, 1.807) is 0 Å². The van der Waals surface area contributed by atoms with Gasteiger partial charge in [0, 0.05) is 22.4 Å². The average Bonchev–Trinajstić information content (AvgIpc) is 2.38. The van der Waals surface area contributed by atoms with Crippen LogP contribution in [0.4, 0.5) is 0 Å². The highest BCUT2D eigenvalue weighted by molar-refractivity contribution is 9.10. The van der Waals surface area contributed by atoms with E-state index in [0.717, 1.165) is 30.2 Å². The van der Waals surface area contributed by atoms with Crippen molar-refractivity contribution in [1.82, 2.24) is 4.98 Å². The van der Waals surface area contributed by atoms with Crippen LogP contribution in [-0.4, -0.2) is 10.5 Å². The van der Waals surface area contributed by atoms with Gasteiger partial charge in [-0.3, -0.25) is 4.98 Å². The predicted molar refractivity (Wildman–Crippen MR) is 81.0 cm³/mol. The molecular weight excluding hydrogens is 300 g/mol. The Bertz CT molecular complexity index is 597. The molecule has 2 aromatic rings. The molecule has 0 saturated carbocycles. The highest BCUT2D eigenvalue weighted by Crippen LogP contribution is 2.29.